The second-order valence-electron chi connectivity index (χ2n) is 8.98. The van der Waals surface area contributed by atoms with Crippen molar-refractivity contribution in [1.29, 1.82) is 0 Å². The van der Waals surface area contributed by atoms with Crippen LogP contribution in [0.15, 0.2) is 53.5 Å². The van der Waals surface area contributed by atoms with Gasteiger partial charge in [-0.15, -0.1) is 0 Å². The molecule has 0 bridgehead atoms. The minimum absolute atomic E-state index is 0.0974. The molecule has 0 amide bonds. The first-order chi connectivity index (χ1) is 17.0. The van der Waals surface area contributed by atoms with Gasteiger partial charge in [0.2, 0.25) is 0 Å². The van der Waals surface area contributed by atoms with Gasteiger partial charge in [0.25, 0.3) is 0 Å². The Kier molecular flexibility index (Phi) is 7.51. The first-order valence-electron chi connectivity index (χ1n) is 11.5. The SMILES string of the molecule is CN1C[C@@](CCOCc2cc(C(F)(F)F)cc(C(F)(F)F)c2)(c2ccccc2)N=C1N1CCOCC1. The van der Waals surface area contributed by atoms with Crippen LogP contribution in [0.3, 0.4) is 0 Å². The zero-order chi connectivity index (χ0) is 26.0. The third-order valence-electron chi connectivity index (χ3n) is 6.34. The molecule has 2 aliphatic rings. The van der Waals surface area contributed by atoms with Gasteiger partial charge in [-0.25, -0.2) is 4.99 Å². The van der Waals surface area contributed by atoms with Gasteiger partial charge in [0, 0.05) is 33.2 Å². The lowest BCUT2D eigenvalue weighted by molar-refractivity contribution is -0.143. The maximum Gasteiger partial charge on any atom is 0.416 e. The lowest BCUT2D eigenvalue weighted by Crippen LogP contribution is -2.46. The maximum absolute atomic E-state index is 13.2. The first kappa shape index (κ1) is 26.3. The third-order valence-corrected chi connectivity index (χ3v) is 6.34. The Morgan fingerprint density at radius 3 is 2.14 bits per heavy atom. The van der Waals surface area contributed by atoms with E-state index in [-0.39, 0.29) is 24.8 Å². The third kappa shape index (κ3) is 5.95. The van der Waals surface area contributed by atoms with Crippen LogP contribution < -0.4 is 0 Å². The molecule has 0 aromatic heterocycles. The number of morpholine rings is 1. The second kappa shape index (κ2) is 10.3. The Balaban J connectivity index is 1.51. The number of rotatable bonds is 6. The van der Waals surface area contributed by atoms with Gasteiger partial charge in [0.15, 0.2) is 5.96 Å². The molecule has 0 aliphatic carbocycles. The summed E-state index contributed by atoms with van der Waals surface area (Å²) in [5, 5.41) is 0. The summed E-state index contributed by atoms with van der Waals surface area (Å²) < 4.78 is 90.0. The predicted octanol–water partition coefficient (Wildman–Crippen LogP) is 5.16. The fourth-order valence-corrected chi connectivity index (χ4v) is 4.57. The molecule has 0 radical (unpaired) electrons. The standard InChI is InChI=1S/C25H27F6N3O2/c1-33-17-23(19-5-3-2-4-6-19,32-22(33)34-8-11-35-12-9-34)7-10-36-16-18-13-20(24(26,27)28)15-21(14-18)25(29,30)31/h2-6,13-15H,7-12,16-17H2,1H3/t23-/m0/s1. The van der Waals surface area contributed by atoms with Gasteiger partial charge in [-0.2, -0.15) is 26.3 Å². The van der Waals surface area contributed by atoms with Gasteiger partial charge >= 0.3 is 12.4 Å². The predicted molar refractivity (Wildman–Crippen MR) is 121 cm³/mol. The number of hydrogen-bond acceptors (Lipinski definition) is 5. The number of benzene rings is 2. The van der Waals surface area contributed by atoms with Crippen molar-refractivity contribution in [2.75, 3.05) is 46.5 Å². The van der Waals surface area contributed by atoms with E-state index in [2.05, 4.69) is 9.80 Å². The molecule has 36 heavy (non-hydrogen) atoms. The van der Waals surface area contributed by atoms with Crippen LogP contribution >= 0.6 is 0 Å². The lowest BCUT2D eigenvalue weighted by Gasteiger charge is -2.31. The van der Waals surface area contributed by atoms with E-state index in [0.717, 1.165) is 11.5 Å². The van der Waals surface area contributed by atoms with Crippen molar-refractivity contribution in [1.82, 2.24) is 9.80 Å². The Morgan fingerprint density at radius 2 is 1.56 bits per heavy atom. The van der Waals surface area contributed by atoms with Crippen molar-refractivity contribution in [2.24, 2.45) is 4.99 Å². The fraction of sp³-hybridized carbons (Fsp3) is 0.480. The summed E-state index contributed by atoms with van der Waals surface area (Å²) >= 11 is 0. The maximum atomic E-state index is 13.2. The quantitative estimate of drug-likeness (QED) is 0.394. The summed E-state index contributed by atoms with van der Waals surface area (Å²) in [7, 11) is 1.95. The molecule has 2 aromatic rings. The molecule has 1 atom stereocenters. The number of guanidine groups is 1. The number of ether oxygens (including phenoxy) is 2. The number of hydrogen-bond donors (Lipinski definition) is 0. The molecule has 0 saturated carbocycles. The van der Waals surface area contributed by atoms with Gasteiger partial charge in [-0.05, 0) is 29.3 Å². The molecule has 4 rings (SSSR count). The minimum Gasteiger partial charge on any atom is -0.378 e. The van der Waals surface area contributed by atoms with Gasteiger partial charge in [0.05, 0.1) is 37.5 Å². The van der Waals surface area contributed by atoms with Crippen LogP contribution in [-0.2, 0) is 34.0 Å². The highest BCUT2D eigenvalue weighted by molar-refractivity contribution is 5.82. The molecule has 0 N–H and O–H groups in total. The number of nitrogens with zero attached hydrogens (tertiary/aromatic N) is 3. The van der Waals surface area contributed by atoms with E-state index < -0.39 is 29.0 Å². The van der Waals surface area contributed by atoms with E-state index in [9.17, 15) is 26.3 Å². The van der Waals surface area contributed by atoms with Gasteiger partial charge in [-0.3, -0.25) is 0 Å². The molecule has 2 heterocycles. The van der Waals surface area contributed by atoms with Crippen molar-refractivity contribution < 1.29 is 35.8 Å². The number of alkyl halides is 6. The van der Waals surface area contributed by atoms with Gasteiger partial charge < -0.3 is 19.3 Å². The number of aliphatic imine (C=N–C) groups is 1. The van der Waals surface area contributed by atoms with E-state index in [1.165, 1.54) is 0 Å². The van der Waals surface area contributed by atoms with Crippen molar-refractivity contribution in [2.45, 2.75) is 30.9 Å². The monoisotopic (exact) mass is 515 g/mol. The van der Waals surface area contributed by atoms with E-state index >= 15 is 0 Å². The van der Waals surface area contributed by atoms with Crippen LogP contribution in [0.1, 0.15) is 28.7 Å². The molecule has 0 spiro atoms. The molecular formula is C25H27F6N3O2. The average molecular weight is 515 g/mol. The Hall–Kier alpha value is -2.79. The van der Waals surface area contributed by atoms with Gasteiger partial charge in [-0.1, -0.05) is 30.3 Å². The Labute approximate surface area is 205 Å². The normalized spacial score (nSPS) is 21.1. The van der Waals surface area contributed by atoms with Crippen LogP contribution in [-0.4, -0.2) is 62.3 Å². The molecule has 11 heteroatoms. The molecule has 0 unspecified atom stereocenters. The largest absolute Gasteiger partial charge is 0.416 e. The van der Waals surface area contributed by atoms with Crippen LogP contribution in [0.5, 0.6) is 0 Å². The highest BCUT2D eigenvalue weighted by atomic mass is 19.4. The number of likely N-dealkylation sites (N-methyl/N-ethyl adjacent to an activating group) is 1. The first-order valence-corrected chi connectivity index (χ1v) is 11.5. The van der Waals surface area contributed by atoms with Crippen molar-refractivity contribution in [3.05, 3.63) is 70.8 Å². The zero-order valence-corrected chi connectivity index (χ0v) is 19.7. The second-order valence-corrected chi connectivity index (χ2v) is 8.98. The summed E-state index contributed by atoms with van der Waals surface area (Å²) in [4.78, 5) is 9.27. The summed E-state index contributed by atoms with van der Waals surface area (Å²) in [6, 6.07) is 11.1. The van der Waals surface area contributed by atoms with Crippen molar-refractivity contribution in [3.8, 4) is 0 Å². The van der Waals surface area contributed by atoms with Crippen molar-refractivity contribution >= 4 is 5.96 Å². The smallest absolute Gasteiger partial charge is 0.378 e. The summed E-state index contributed by atoms with van der Waals surface area (Å²) in [6.07, 6.45) is -9.39. The minimum atomic E-state index is -4.90. The molecular weight excluding hydrogens is 488 g/mol. The van der Waals surface area contributed by atoms with E-state index in [1.54, 1.807) is 0 Å². The summed E-state index contributed by atoms with van der Waals surface area (Å²) in [6.45, 7) is 2.91. The van der Waals surface area contributed by atoms with Crippen molar-refractivity contribution in [3.63, 3.8) is 0 Å². The highest BCUT2D eigenvalue weighted by Crippen LogP contribution is 2.38. The van der Waals surface area contributed by atoms with E-state index in [4.69, 9.17) is 14.5 Å². The highest BCUT2D eigenvalue weighted by Gasteiger charge is 2.41. The lowest BCUT2D eigenvalue weighted by atomic mass is 9.88. The molecule has 1 fully saturated rings. The molecule has 196 valence electrons. The van der Waals surface area contributed by atoms with Gasteiger partial charge in [0.1, 0.15) is 5.54 Å². The summed E-state index contributed by atoms with van der Waals surface area (Å²) in [5.41, 5.74) is -2.59. The summed E-state index contributed by atoms with van der Waals surface area (Å²) in [5.74, 6) is 0.829. The molecule has 2 aliphatic heterocycles. The fourth-order valence-electron chi connectivity index (χ4n) is 4.57. The van der Waals surface area contributed by atoms with Crippen LogP contribution in [0.25, 0.3) is 0 Å². The van der Waals surface area contributed by atoms with Crippen LogP contribution in [0.4, 0.5) is 26.3 Å². The topological polar surface area (TPSA) is 37.3 Å². The Bertz CT molecular complexity index is 1040. The molecule has 5 nitrogen and oxygen atoms in total. The van der Waals surface area contributed by atoms with Crippen LogP contribution in [0.2, 0.25) is 0 Å². The van der Waals surface area contributed by atoms with E-state index in [1.807, 2.05) is 37.4 Å². The zero-order valence-electron chi connectivity index (χ0n) is 19.7. The molecule has 2 aromatic carbocycles. The van der Waals surface area contributed by atoms with Crippen LogP contribution in [0, 0.1) is 0 Å². The van der Waals surface area contributed by atoms with E-state index in [0.29, 0.717) is 51.4 Å². The average Bonchev–Trinajstić information content (AvgIpc) is 3.19. The Morgan fingerprint density at radius 1 is 0.944 bits per heavy atom. The number of halogens is 6. The molecule has 1 saturated heterocycles.